The number of aromatic nitrogens is 4. The van der Waals surface area contributed by atoms with Gasteiger partial charge in [-0.1, -0.05) is 31.4 Å². The molecule has 2 heterocycles. The van der Waals surface area contributed by atoms with E-state index in [0.717, 1.165) is 32.1 Å². The van der Waals surface area contributed by atoms with Crippen molar-refractivity contribution in [1.29, 1.82) is 0 Å². The van der Waals surface area contributed by atoms with Crippen LogP contribution in [0.15, 0.2) is 40.8 Å². The van der Waals surface area contributed by atoms with Crippen LogP contribution < -0.4 is 5.32 Å². The molecule has 1 atom stereocenters. The van der Waals surface area contributed by atoms with E-state index in [2.05, 4.69) is 20.7 Å². The third-order valence-corrected chi connectivity index (χ3v) is 6.60. The highest BCUT2D eigenvalue weighted by molar-refractivity contribution is 5.88. The molecule has 1 aromatic carbocycles. The Morgan fingerprint density at radius 1 is 1.18 bits per heavy atom. The number of halogens is 1. The molecule has 3 aromatic rings. The predicted molar refractivity (Wildman–Crippen MR) is 137 cm³/mol. The smallest absolute Gasteiger partial charge is 0.247 e. The van der Waals surface area contributed by atoms with Crippen LogP contribution >= 0.6 is 0 Å². The van der Waals surface area contributed by atoms with Crippen molar-refractivity contribution in [1.82, 2.24) is 30.4 Å². The molecule has 1 N–H and O–H groups in total. The summed E-state index contributed by atoms with van der Waals surface area (Å²) in [5, 5.41) is 15.4. The predicted octanol–water partition coefficient (Wildman–Crippen LogP) is 3.83. The summed E-state index contributed by atoms with van der Waals surface area (Å²) in [5.41, 5.74) is 0.530. The number of carbonyl (C=O) groups is 2. The van der Waals surface area contributed by atoms with Crippen molar-refractivity contribution >= 4 is 11.8 Å². The van der Waals surface area contributed by atoms with Crippen LogP contribution in [0.3, 0.4) is 0 Å². The monoisotopic (exact) mass is 526 g/mol. The van der Waals surface area contributed by atoms with Gasteiger partial charge >= 0.3 is 0 Å². The topological polar surface area (TPSA) is 115 Å². The van der Waals surface area contributed by atoms with E-state index in [4.69, 9.17) is 9.15 Å². The molecule has 204 valence electrons. The van der Waals surface area contributed by atoms with Crippen LogP contribution in [0, 0.1) is 12.7 Å². The minimum absolute atomic E-state index is 0.0517. The van der Waals surface area contributed by atoms with Gasteiger partial charge in [0.2, 0.25) is 17.6 Å². The second-order valence-corrected chi connectivity index (χ2v) is 9.49. The van der Waals surface area contributed by atoms with Gasteiger partial charge in [-0.2, -0.15) is 4.80 Å². The third kappa shape index (κ3) is 7.25. The van der Waals surface area contributed by atoms with Crippen LogP contribution in [0.1, 0.15) is 62.8 Å². The van der Waals surface area contributed by atoms with E-state index in [1.54, 1.807) is 24.3 Å². The molecule has 0 saturated heterocycles. The van der Waals surface area contributed by atoms with Crippen LogP contribution in [0.25, 0.3) is 11.6 Å². The maximum Gasteiger partial charge on any atom is 0.247 e. The fourth-order valence-corrected chi connectivity index (χ4v) is 4.70. The number of hydrogen-bond acceptors (Lipinski definition) is 7. The first-order valence-electron chi connectivity index (χ1n) is 13.2. The van der Waals surface area contributed by atoms with Gasteiger partial charge in [-0.3, -0.25) is 9.59 Å². The Kier molecular flexibility index (Phi) is 9.58. The van der Waals surface area contributed by atoms with Crippen LogP contribution in [-0.4, -0.2) is 62.7 Å². The average Bonchev–Trinajstić information content (AvgIpc) is 3.56. The molecule has 1 saturated carbocycles. The quantitative estimate of drug-likeness (QED) is 0.357. The van der Waals surface area contributed by atoms with E-state index >= 15 is 0 Å². The third-order valence-electron chi connectivity index (χ3n) is 6.60. The van der Waals surface area contributed by atoms with Gasteiger partial charge in [0, 0.05) is 25.8 Å². The van der Waals surface area contributed by atoms with E-state index in [0.29, 0.717) is 36.7 Å². The number of nitrogens with zero attached hydrogens (tertiary/aromatic N) is 5. The Morgan fingerprint density at radius 2 is 1.95 bits per heavy atom. The molecule has 1 aliphatic rings. The molecule has 0 bridgehead atoms. The number of furan rings is 1. The molecule has 2 aromatic heterocycles. The summed E-state index contributed by atoms with van der Waals surface area (Å²) in [6.45, 7) is 4.73. The highest BCUT2D eigenvalue weighted by Gasteiger charge is 2.33. The van der Waals surface area contributed by atoms with Crippen molar-refractivity contribution in [3.63, 3.8) is 0 Å². The standard InChI is InChI=1S/C27H35FN6O4/c1-3-37-17-7-16-33(24(35)18-34-31-26(30-32-34)23-15-10-19(2)38-23)25(20-11-13-21(28)14-12-20)27(36)29-22-8-5-4-6-9-22/h10-15,22,25H,3-9,16-18H2,1-2H3,(H,29,36). The first kappa shape index (κ1) is 27.4. The minimum atomic E-state index is -0.942. The van der Waals surface area contributed by atoms with Crippen LogP contribution in [0.2, 0.25) is 0 Å². The fraction of sp³-hybridized carbons (Fsp3) is 0.519. The van der Waals surface area contributed by atoms with Gasteiger partial charge in [-0.05, 0) is 68.2 Å². The summed E-state index contributed by atoms with van der Waals surface area (Å²) < 4.78 is 24.8. The van der Waals surface area contributed by atoms with E-state index in [-0.39, 0.29) is 36.8 Å². The molecule has 38 heavy (non-hydrogen) atoms. The molecular formula is C27H35FN6O4. The van der Waals surface area contributed by atoms with E-state index in [1.165, 1.54) is 21.8 Å². The fourth-order valence-electron chi connectivity index (χ4n) is 4.70. The lowest BCUT2D eigenvalue weighted by molar-refractivity contribution is -0.142. The Labute approximate surface area is 221 Å². The Hall–Kier alpha value is -3.60. The molecule has 10 nitrogen and oxygen atoms in total. The summed E-state index contributed by atoms with van der Waals surface area (Å²) in [4.78, 5) is 30.1. The number of benzene rings is 1. The number of hydrogen-bond donors (Lipinski definition) is 1. The number of carbonyl (C=O) groups excluding carboxylic acids is 2. The molecule has 1 aliphatic carbocycles. The van der Waals surface area contributed by atoms with Crippen molar-refractivity contribution in [2.24, 2.45) is 0 Å². The average molecular weight is 527 g/mol. The minimum Gasteiger partial charge on any atom is -0.458 e. The van der Waals surface area contributed by atoms with Gasteiger partial charge in [0.05, 0.1) is 0 Å². The lowest BCUT2D eigenvalue weighted by Crippen LogP contribution is -2.48. The zero-order valence-corrected chi connectivity index (χ0v) is 21.9. The molecule has 1 fully saturated rings. The van der Waals surface area contributed by atoms with Gasteiger partial charge in [-0.15, -0.1) is 10.2 Å². The Balaban J connectivity index is 1.58. The SMILES string of the molecule is CCOCCCN(C(=O)Cn1nnc(-c2ccc(C)o2)n1)C(C(=O)NC1CCCCC1)c1ccc(F)cc1. The van der Waals surface area contributed by atoms with Crippen LogP contribution in [-0.2, 0) is 20.9 Å². The van der Waals surface area contributed by atoms with Gasteiger partial charge in [0.15, 0.2) is 5.76 Å². The Morgan fingerprint density at radius 3 is 2.63 bits per heavy atom. The second kappa shape index (κ2) is 13.3. The van der Waals surface area contributed by atoms with Gasteiger partial charge in [0.1, 0.15) is 24.2 Å². The van der Waals surface area contributed by atoms with Gasteiger partial charge in [0.25, 0.3) is 0 Å². The highest BCUT2D eigenvalue weighted by Crippen LogP contribution is 2.25. The number of rotatable bonds is 12. The molecule has 0 spiro atoms. The Bertz CT molecular complexity index is 1190. The molecule has 0 aliphatic heterocycles. The zero-order valence-electron chi connectivity index (χ0n) is 21.9. The van der Waals surface area contributed by atoms with E-state index in [1.807, 2.05) is 13.8 Å². The second-order valence-electron chi connectivity index (χ2n) is 9.49. The molecule has 4 rings (SSSR count). The first-order valence-corrected chi connectivity index (χ1v) is 13.2. The number of ether oxygens (including phenoxy) is 1. The maximum absolute atomic E-state index is 13.8. The summed E-state index contributed by atoms with van der Waals surface area (Å²) in [7, 11) is 0. The van der Waals surface area contributed by atoms with Crippen molar-refractivity contribution < 1.29 is 23.1 Å². The lowest BCUT2D eigenvalue weighted by atomic mass is 9.94. The molecule has 2 amide bonds. The van der Waals surface area contributed by atoms with Crippen molar-refractivity contribution in [3.8, 4) is 11.6 Å². The number of tetrazole rings is 1. The summed E-state index contributed by atoms with van der Waals surface area (Å²) in [5.74, 6) is 0.353. The first-order chi connectivity index (χ1) is 18.4. The summed E-state index contributed by atoms with van der Waals surface area (Å²) in [6.07, 6.45) is 5.59. The van der Waals surface area contributed by atoms with Gasteiger partial charge in [-0.25, -0.2) is 4.39 Å². The van der Waals surface area contributed by atoms with Crippen molar-refractivity contribution in [3.05, 3.63) is 53.5 Å². The van der Waals surface area contributed by atoms with Crippen LogP contribution in [0.4, 0.5) is 4.39 Å². The maximum atomic E-state index is 13.8. The van der Waals surface area contributed by atoms with E-state index < -0.39 is 11.9 Å². The number of aryl methyl sites for hydroxylation is 1. The summed E-state index contributed by atoms with van der Waals surface area (Å²) >= 11 is 0. The molecule has 11 heteroatoms. The molecular weight excluding hydrogens is 491 g/mol. The van der Waals surface area contributed by atoms with E-state index in [9.17, 15) is 14.0 Å². The van der Waals surface area contributed by atoms with Crippen LogP contribution in [0.5, 0.6) is 0 Å². The summed E-state index contributed by atoms with van der Waals surface area (Å²) in [6, 6.07) is 8.34. The molecule has 1 unspecified atom stereocenters. The lowest BCUT2D eigenvalue weighted by Gasteiger charge is -2.33. The van der Waals surface area contributed by atoms with Gasteiger partial charge < -0.3 is 19.4 Å². The number of amides is 2. The normalized spacial score (nSPS) is 14.8. The largest absolute Gasteiger partial charge is 0.458 e. The van der Waals surface area contributed by atoms with Crippen molar-refractivity contribution in [2.75, 3.05) is 19.8 Å². The van der Waals surface area contributed by atoms with Crippen molar-refractivity contribution in [2.45, 2.75) is 71.0 Å². The number of nitrogens with one attached hydrogen (secondary N) is 1. The zero-order chi connectivity index (χ0) is 26.9. The molecule has 0 radical (unpaired) electrons. The highest BCUT2D eigenvalue weighted by atomic mass is 19.1.